The lowest BCUT2D eigenvalue weighted by atomic mass is 9.78. The van der Waals surface area contributed by atoms with E-state index in [0.717, 1.165) is 31.6 Å². The Bertz CT molecular complexity index is 308. The van der Waals surface area contributed by atoms with Crippen molar-refractivity contribution < 1.29 is 9.90 Å². The highest BCUT2D eigenvalue weighted by atomic mass is 32.2. The van der Waals surface area contributed by atoms with Crippen molar-refractivity contribution in [1.29, 1.82) is 0 Å². The highest BCUT2D eigenvalue weighted by Crippen LogP contribution is 2.33. The summed E-state index contributed by atoms with van der Waals surface area (Å²) in [7, 11) is 0. The van der Waals surface area contributed by atoms with Crippen molar-refractivity contribution in [2.24, 2.45) is 11.8 Å². The predicted octanol–water partition coefficient (Wildman–Crippen LogP) is 2.97. The van der Waals surface area contributed by atoms with Crippen molar-refractivity contribution in [3.05, 3.63) is 0 Å². The third kappa shape index (κ3) is 4.96. The number of thioether (sulfide) groups is 1. The molecule has 1 saturated carbocycles. The molecular weight excluding hydrogens is 270 g/mol. The van der Waals surface area contributed by atoms with E-state index in [2.05, 4.69) is 12.2 Å². The Morgan fingerprint density at radius 2 is 1.85 bits per heavy atom. The number of hydrogen-bond acceptors (Lipinski definition) is 3. The normalized spacial score (nSPS) is 32.0. The van der Waals surface area contributed by atoms with Crippen LogP contribution in [0, 0.1) is 11.8 Å². The maximum absolute atomic E-state index is 12.0. The Morgan fingerprint density at radius 1 is 1.20 bits per heavy atom. The van der Waals surface area contributed by atoms with Crippen molar-refractivity contribution in [2.75, 3.05) is 18.1 Å². The maximum atomic E-state index is 12.0. The van der Waals surface area contributed by atoms with Crippen LogP contribution in [0.5, 0.6) is 0 Å². The van der Waals surface area contributed by atoms with E-state index in [9.17, 15) is 9.90 Å². The summed E-state index contributed by atoms with van der Waals surface area (Å²) in [5.41, 5.74) is -0.649. The molecule has 0 atom stereocenters. The first-order chi connectivity index (χ1) is 9.61. The minimum Gasteiger partial charge on any atom is -0.388 e. The van der Waals surface area contributed by atoms with Crippen molar-refractivity contribution in [3.63, 3.8) is 0 Å². The van der Waals surface area contributed by atoms with Crippen LogP contribution in [0.25, 0.3) is 0 Å². The van der Waals surface area contributed by atoms with Crippen LogP contribution in [-0.2, 0) is 4.79 Å². The molecule has 20 heavy (non-hydrogen) atoms. The lowest BCUT2D eigenvalue weighted by Gasteiger charge is -2.36. The van der Waals surface area contributed by atoms with E-state index in [1.165, 1.54) is 30.8 Å². The maximum Gasteiger partial charge on any atom is 0.220 e. The fourth-order valence-electron chi connectivity index (χ4n) is 3.35. The van der Waals surface area contributed by atoms with Crippen LogP contribution >= 0.6 is 11.8 Å². The quantitative estimate of drug-likeness (QED) is 0.820. The Kier molecular flexibility index (Phi) is 6.21. The van der Waals surface area contributed by atoms with Gasteiger partial charge in [0.25, 0.3) is 0 Å². The zero-order chi connectivity index (χ0) is 14.4. The van der Waals surface area contributed by atoms with Gasteiger partial charge < -0.3 is 10.4 Å². The number of carbonyl (C=O) groups is 1. The van der Waals surface area contributed by atoms with Crippen LogP contribution in [0.2, 0.25) is 0 Å². The topological polar surface area (TPSA) is 49.3 Å². The largest absolute Gasteiger partial charge is 0.388 e. The summed E-state index contributed by atoms with van der Waals surface area (Å²) in [4.78, 5) is 12.0. The van der Waals surface area contributed by atoms with Crippen molar-refractivity contribution in [2.45, 2.75) is 63.9 Å². The molecule has 0 radical (unpaired) electrons. The van der Waals surface area contributed by atoms with E-state index in [1.807, 2.05) is 11.8 Å². The van der Waals surface area contributed by atoms with E-state index < -0.39 is 5.60 Å². The molecule has 0 bridgehead atoms. The summed E-state index contributed by atoms with van der Waals surface area (Å²) in [5.74, 6) is 3.85. The molecule has 116 valence electrons. The number of rotatable bonds is 5. The van der Waals surface area contributed by atoms with Gasteiger partial charge in [0.05, 0.1) is 5.60 Å². The average Bonchev–Trinajstić information content (AvgIpc) is 2.47. The molecule has 0 spiro atoms. The third-order valence-electron chi connectivity index (χ3n) is 5.04. The summed E-state index contributed by atoms with van der Waals surface area (Å²) < 4.78 is 0. The fraction of sp³-hybridized carbons (Fsp3) is 0.938. The van der Waals surface area contributed by atoms with Gasteiger partial charge in [0.2, 0.25) is 5.91 Å². The average molecular weight is 299 g/mol. The van der Waals surface area contributed by atoms with Gasteiger partial charge in [0.1, 0.15) is 0 Å². The SMILES string of the molecule is CCC1CCC(O)(CNC(=O)CC2CCSCC2)CC1. The van der Waals surface area contributed by atoms with Gasteiger partial charge in [-0.2, -0.15) is 11.8 Å². The van der Waals surface area contributed by atoms with Crippen LogP contribution < -0.4 is 5.32 Å². The van der Waals surface area contributed by atoms with E-state index in [0.29, 0.717) is 18.9 Å². The zero-order valence-corrected chi connectivity index (χ0v) is 13.5. The Morgan fingerprint density at radius 3 is 2.45 bits per heavy atom. The molecule has 2 N–H and O–H groups in total. The standard InChI is InChI=1S/C16H29NO2S/c1-2-13-3-7-16(19,8-4-13)12-17-15(18)11-14-5-9-20-10-6-14/h13-14,19H,2-12H2,1H3,(H,17,18). The number of carbonyl (C=O) groups excluding carboxylic acids is 1. The minimum absolute atomic E-state index is 0.132. The Hall–Kier alpha value is -0.220. The van der Waals surface area contributed by atoms with Gasteiger partial charge in [-0.1, -0.05) is 13.3 Å². The predicted molar refractivity (Wildman–Crippen MR) is 84.9 cm³/mol. The second-order valence-electron chi connectivity index (χ2n) is 6.61. The molecule has 0 aromatic heterocycles. The first kappa shape index (κ1) is 16.2. The molecule has 0 aromatic carbocycles. The summed E-state index contributed by atoms with van der Waals surface area (Å²) in [5, 5.41) is 13.5. The first-order valence-corrected chi connectivity index (χ1v) is 9.33. The second kappa shape index (κ2) is 7.69. The summed E-state index contributed by atoms with van der Waals surface area (Å²) in [6, 6.07) is 0. The second-order valence-corrected chi connectivity index (χ2v) is 7.84. The van der Waals surface area contributed by atoms with E-state index in [4.69, 9.17) is 0 Å². The van der Waals surface area contributed by atoms with Crippen LogP contribution in [0.15, 0.2) is 0 Å². The first-order valence-electron chi connectivity index (χ1n) is 8.18. The van der Waals surface area contributed by atoms with Crippen molar-refractivity contribution >= 4 is 17.7 Å². The van der Waals surface area contributed by atoms with Gasteiger partial charge in [-0.15, -0.1) is 0 Å². The van der Waals surface area contributed by atoms with Gasteiger partial charge in [-0.05, 0) is 61.9 Å². The molecule has 4 heteroatoms. The summed E-state index contributed by atoms with van der Waals surface area (Å²) >= 11 is 1.99. The van der Waals surface area contributed by atoms with Crippen LogP contribution in [0.1, 0.15) is 58.3 Å². The Labute approximate surface area is 127 Å². The third-order valence-corrected chi connectivity index (χ3v) is 6.09. The van der Waals surface area contributed by atoms with Gasteiger partial charge in [-0.25, -0.2) is 0 Å². The molecule has 2 aliphatic rings. The molecule has 3 nitrogen and oxygen atoms in total. The number of hydrogen-bond donors (Lipinski definition) is 2. The molecule has 2 fully saturated rings. The molecule has 1 aliphatic heterocycles. The molecule has 0 unspecified atom stereocenters. The molecule has 0 aromatic rings. The lowest BCUT2D eigenvalue weighted by Crippen LogP contribution is -2.45. The number of aliphatic hydroxyl groups is 1. The minimum atomic E-state index is -0.649. The van der Waals surface area contributed by atoms with Crippen LogP contribution in [-0.4, -0.2) is 34.7 Å². The number of nitrogens with one attached hydrogen (secondary N) is 1. The Balaban J connectivity index is 1.67. The van der Waals surface area contributed by atoms with E-state index >= 15 is 0 Å². The van der Waals surface area contributed by atoms with Gasteiger partial charge in [-0.3, -0.25) is 4.79 Å². The smallest absolute Gasteiger partial charge is 0.220 e. The highest BCUT2D eigenvalue weighted by Gasteiger charge is 2.33. The molecular formula is C16H29NO2S. The molecule has 1 heterocycles. The monoisotopic (exact) mass is 299 g/mol. The molecule has 1 saturated heterocycles. The molecule has 1 amide bonds. The van der Waals surface area contributed by atoms with Crippen molar-refractivity contribution in [3.8, 4) is 0 Å². The van der Waals surface area contributed by atoms with E-state index in [1.54, 1.807) is 0 Å². The zero-order valence-electron chi connectivity index (χ0n) is 12.7. The molecule has 2 rings (SSSR count). The van der Waals surface area contributed by atoms with Gasteiger partial charge in [0.15, 0.2) is 0 Å². The summed E-state index contributed by atoms with van der Waals surface area (Å²) in [6.07, 6.45) is 8.07. The van der Waals surface area contributed by atoms with Crippen molar-refractivity contribution in [1.82, 2.24) is 5.32 Å². The van der Waals surface area contributed by atoms with Gasteiger partial charge >= 0.3 is 0 Å². The molecule has 1 aliphatic carbocycles. The number of amides is 1. The lowest BCUT2D eigenvalue weighted by molar-refractivity contribution is -0.123. The fourth-order valence-corrected chi connectivity index (χ4v) is 4.55. The van der Waals surface area contributed by atoms with Crippen LogP contribution in [0.3, 0.4) is 0 Å². The van der Waals surface area contributed by atoms with Crippen LogP contribution in [0.4, 0.5) is 0 Å². The highest BCUT2D eigenvalue weighted by molar-refractivity contribution is 7.99. The summed E-state index contributed by atoms with van der Waals surface area (Å²) in [6.45, 7) is 2.67. The van der Waals surface area contributed by atoms with Gasteiger partial charge in [0, 0.05) is 13.0 Å². The van der Waals surface area contributed by atoms with E-state index in [-0.39, 0.29) is 5.91 Å².